The van der Waals surface area contributed by atoms with Gasteiger partial charge in [-0.2, -0.15) is 0 Å². The number of anilines is 1. The summed E-state index contributed by atoms with van der Waals surface area (Å²) in [6.07, 6.45) is 1.33. The van der Waals surface area contributed by atoms with Gasteiger partial charge in [-0.1, -0.05) is 29.0 Å². The van der Waals surface area contributed by atoms with Gasteiger partial charge in [-0.05, 0) is 49.2 Å². The van der Waals surface area contributed by atoms with Crippen molar-refractivity contribution in [2.75, 3.05) is 57.2 Å². The minimum atomic E-state index is 0.0934. The third kappa shape index (κ3) is 6.43. The molecule has 1 aliphatic rings. The number of thiazole rings is 1. The summed E-state index contributed by atoms with van der Waals surface area (Å²) in [5, 5.41) is 1.41. The van der Waals surface area contributed by atoms with Crippen molar-refractivity contribution in [3.63, 3.8) is 0 Å². The molecule has 2 heterocycles. The van der Waals surface area contributed by atoms with Crippen LogP contribution < -0.4 is 9.64 Å². The minimum Gasteiger partial charge on any atom is -0.497 e. The maximum Gasteiger partial charge on any atom is 0.229 e. The Hall–Kier alpha value is -1.84. The van der Waals surface area contributed by atoms with E-state index in [0.717, 1.165) is 70.8 Å². The zero-order valence-corrected chi connectivity index (χ0v) is 22.0. The van der Waals surface area contributed by atoms with Crippen LogP contribution in [0.4, 0.5) is 5.13 Å². The normalized spacial score (nSPS) is 14.4. The Morgan fingerprint density at radius 1 is 1.24 bits per heavy atom. The molecule has 0 saturated carbocycles. The molecule has 9 heteroatoms. The quantitative estimate of drug-likeness (QED) is 0.329. The topological polar surface area (TPSA) is 54.9 Å². The van der Waals surface area contributed by atoms with Gasteiger partial charge in [-0.3, -0.25) is 14.6 Å². The number of hydrogen-bond donors (Lipinski definition) is 0. The third-order valence-electron chi connectivity index (χ3n) is 5.82. The second-order valence-corrected chi connectivity index (χ2v) is 10.7. The molecule has 1 aromatic heterocycles. The lowest BCUT2D eigenvalue weighted by Crippen LogP contribution is -2.39. The summed E-state index contributed by atoms with van der Waals surface area (Å²) in [6.45, 7) is 7.06. The zero-order valence-electron chi connectivity index (χ0n) is 19.6. The number of hydrogen-bond acceptors (Lipinski definition) is 7. The van der Waals surface area contributed by atoms with Crippen molar-refractivity contribution in [3.8, 4) is 5.75 Å². The lowest BCUT2D eigenvalue weighted by molar-refractivity contribution is -0.118. The molecule has 6 nitrogen and oxygen atoms in total. The van der Waals surface area contributed by atoms with E-state index in [0.29, 0.717) is 23.7 Å². The fourth-order valence-corrected chi connectivity index (χ4v) is 6.07. The highest BCUT2D eigenvalue weighted by atomic mass is 35.5. The van der Waals surface area contributed by atoms with Crippen LogP contribution in [0.2, 0.25) is 5.02 Å². The number of rotatable bonds is 10. The fraction of sp³-hybridized carbons (Fsp3) is 0.440. The highest BCUT2D eigenvalue weighted by molar-refractivity contribution is 7.99. The van der Waals surface area contributed by atoms with Gasteiger partial charge in [0, 0.05) is 43.2 Å². The van der Waals surface area contributed by atoms with Gasteiger partial charge in [0.2, 0.25) is 5.91 Å². The summed E-state index contributed by atoms with van der Waals surface area (Å²) in [5.41, 5.74) is 1.95. The Balaban J connectivity index is 1.44. The Bertz CT molecular complexity index is 1060. The van der Waals surface area contributed by atoms with E-state index >= 15 is 0 Å². The predicted molar refractivity (Wildman–Crippen MR) is 142 cm³/mol. The summed E-state index contributed by atoms with van der Waals surface area (Å²) >= 11 is 9.62. The average molecular weight is 520 g/mol. The number of ether oxygens (including phenoxy) is 2. The van der Waals surface area contributed by atoms with Gasteiger partial charge >= 0.3 is 0 Å². The van der Waals surface area contributed by atoms with Crippen LogP contribution >= 0.6 is 34.7 Å². The number of amides is 1. The summed E-state index contributed by atoms with van der Waals surface area (Å²) < 4.78 is 11.6. The largest absolute Gasteiger partial charge is 0.497 e. The Morgan fingerprint density at radius 2 is 2.00 bits per heavy atom. The number of methoxy groups -OCH3 is 1. The standard InChI is InChI=1S/C25H30ClN3O3S2/c1-18-4-9-21(26)24-23(18)27-25(34-24)29(12-3-11-28-13-15-32-16-14-28)22(30)10-17-33-20-7-5-19(31-2)6-8-20/h4-9H,3,10-17H2,1-2H3. The second kappa shape index (κ2) is 12.2. The highest BCUT2D eigenvalue weighted by Crippen LogP contribution is 2.36. The maximum atomic E-state index is 13.4. The number of carbonyl (C=O) groups excluding carboxylic acids is 1. The van der Waals surface area contributed by atoms with Crippen LogP contribution in [0, 0.1) is 6.92 Å². The van der Waals surface area contributed by atoms with Crippen molar-refractivity contribution in [2.45, 2.75) is 24.7 Å². The van der Waals surface area contributed by atoms with Gasteiger partial charge in [0.05, 0.1) is 35.6 Å². The summed E-state index contributed by atoms with van der Waals surface area (Å²) in [4.78, 5) is 23.6. The number of benzene rings is 2. The van der Waals surface area contributed by atoms with E-state index < -0.39 is 0 Å². The van der Waals surface area contributed by atoms with E-state index in [4.69, 9.17) is 26.1 Å². The van der Waals surface area contributed by atoms with Crippen molar-refractivity contribution in [1.29, 1.82) is 0 Å². The van der Waals surface area contributed by atoms with Crippen molar-refractivity contribution in [2.24, 2.45) is 0 Å². The molecule has 1 amide bonds. The molecule has 3 aromatic rings. The maximum absolute atomic E-state index is 13.4. The van der Waals surface area contributed by atoms with Gasteiger partial charge in [-0.25, -0.2) is 4.98 Å². The number of fused-ring (bicyclic) bond motifs is 1. The van der Waals surface area contributed by atoms with Crippen LogP contribution in [-0.4, -0.2) is 68.0 Å². The molecule has 0 N–H and O–H groups in total. The van der Waals surface area contributed by atoms with Gasteiger partial charge in [-0.15, -0.1) is 11.8 Å². The highest BCUT2D eigenvalue weighted by Gasteiger charge is 2.21. The van der Waals surface area contributed by atoms with E-state index in [-0.39, 0.29) is 5.91 Å². The first-order chi connectivity index (χ1) is 16.5. The second-order valence-electron chi connectivity index (χ2n) is 8.17. The van der Waals surface area contributed by atoms with Crippen molar-refractivity contribution in [1.82, 2.24) is 9.88 Å². The predicted octanol–water partition coefficient (Wildman–Crippen LogP) is 5.50. The number of aryl methyl sites for hydroxylation is 1. The number of nitrogens with zero attached hydrogens (tertiary/aromatic N) is 3. The lowest BCUT2D eigenvalue weighted by Gasteiger charge is -2.27. The number of aromatic nitrogens is 1. The summed E-state index contributed by atoms with van der Waals surface area (Å²) in [7, 11) is 1.66. The van der Waals surface area contributed by atoms with Gasteiger partial charge in [0.1, 0.15) is 5.75 Å². The van der Waals surface area contributed by atoms with E-state index in [1.165, 1.54) is 11.3 Å². The Morgan fingerprint density at radius 3 is 2.71 bits per heavy atom. The molecule has 1 fully saturated rings. The average Bonchev–Trinajstić information content (AvgIpc) is 3.32. The smallest absolute Gasteiger partial charge is 0.229 e. The molecular weight excluding hydrogens is 490 g/mol. The molecule has 1 aliphatic heterocycles. The molecular formula is C25H30ClN3O3S2. The SMILES string of the molecule is COc1ccc(SCCC(=O)N(CCCN2CCOCC2)c2nc3c(C)ccc(Cl)c3s2)cc1. The number of halogens is 1. The fourth-order valence-electron chi connectivity index (χ4n) is 3.87. The van der Waals surface area contributed by atoms with E-state index in [2.05, 4.69) is 4.90 Å². The van der Waals surface area contributed by atoms with Crippen LogP contribution in [0.5, 0.6) is 5.75 Å². The molecule has 4 rings (SSSR count). The van der Waals surface area contributed by atoms with Crippen LogP contribution in [-0.2, 0) is 9.53 Å². The third-order valence-corrected chi connectivity index (χ3v) is 8.37. The van der Waals surface area contributed by atoms with Crippen molar-refractivity contribution >= 4 is 56.0 Å². The zero-order chi connectivity index (χ0) is 23.9. The Kier molecular flexibility index (Phi) is 9.08. The van der Waals surface area contributed by atoms with Crippen molar-refractivity contribution in [3.05, 3.63) is 47.0 Å². The van der Waals surface area contributed by atoms with Crippen LogP contribution in [0.1, 0.15) is 18.4 Å². The van der Waals surface area contributed by atoms with Gasteiger partial charge in [0.15, 0.2) is 5.13 Å². The molecule has 0 bridgehead atoms. The first-order valence-electron chi connectivity index (χ1n) is 11.5. The monoisotopic (exact) mass is 519 g/mol. The first-order valence-corrected chi connectivity index (χ1v) is 13.7. The van der Waals surface area contributed by atoms with Crippen molar-refractivity contribution < 1.29 is 14.3 Å². The molecule has 34 heavy (non-hydrogen) atoms. The Labute approximate surface area is 214 Å². The molecule has 182 valence electrons. The van der Waals surface area contributed by atoms with E-state index in [1.807, 2.05) is 48.2 Å². The van der Waals surface area contributed by atoms with Gasteiger partial charge in [0.25, 0.3) is 0 Å². The lowest BCUT2D eigenvalue weighted by atomic mass is 10.2. The van der Waals surface area contributed by atoms with E-state index in [9.17, 15) is 4.79 Å². The summed E-state index contributed by atoms with van der Waals surface area (Å²) in [5.74, 6) is 1.63. The minimum absolute atomic E-state index is 0.0934. The molecule has 2 aromatic carbocycles. The van der Waals surface area contributed by atoms with Crippen LogP contribution in [0.15, 0.2) is 41.3 Å². The number of thioether (sulfide) groups is 1. The molecule has 0 spiro atoms. The van der Waals surface area contributed by atoms with Gasteiger partial charge < -0.3 is 9.47 Å². The molecule has 0 atom stereocenters. The number of morpholine rings is 1. The van der Waals surface area contributed by atoms with E-state index in [1.54, 1.807) is 18.9 Å². The molecule has 0 aliphatic carbocycles. The van der Waals surface area contributed by atoms with Crippen LogP contribution in [0.25, 0.3) is 10.2 Å². The summed E-state index contributed by atoms with van der Waals surface area (Å²) in [6, 6.07) is 11.8. The first kappa shape index (κ1) is 25.3. The molecule has 0 unspecified atom stereocenters. The molecule has 1 saturated heterocycles. The number of carbonyl (C=O) groups is 1. The van der Waals surface area contributed by atoms with Crippen LogP contribution in [0.3, 0.4) is 0 Å². The molecule has 0 radical (unpaired) electrons.